The van der Waals surface area contributed by atoms with E-state index in [4.69, 9.17) is 16.0 Å². The Morgan fingerprint density at radius 2 is 2.14 bits per heavy atom. The second kappa shape index (κ2) is 3.42. The Kier molecular flexibility index (Phi) is 2.25. The highest BCUT2D eigenvalue weighted by Crippen LogP contribution is 2.18. The van der Waals surface area contributed by atoms with Gasteiger partial charge in [0.15, 0.2) is 5.43 Å². The summed E-state index contributed by atoms with van der Waals surface area (Å²) in [5.41, 5.74) is 0.0632. The molecule has 0 N–H and O–H groups in total. The van der Waals surface area contributed by atoms with E-state index >= 15 is 0 Å². The van der Waals surface area contributed by atoms with Crippen LogP contribution < -0.4 is 5.43 Å². The third-order valence-corrected chi connectivity index (χ3v) is 2.11. The molecule has 2 aromatic rings. The molecule has 0 saturated carbocycles. The number of hydrogen-bond donors (Lipinski definition) is 0. The van der Waals surface area contributed by atoms with Crippen LogP contribution in [0.25, 0.3) is 11.0 Å². The van der Waals surface area contributed by atoms with E-state index in [1.807, 2.05) is 0 Å². The van der Waals surface area contributed by atoms with Crippen molar-refractivity contribution in [3.8, 4) is 0 Å². The normalized spacial score (nSPS) is 10.7. The lowest BCUT2D eigenvalue weighted by Gasteiger charge is -1.99. The quantitative estimate of drug-likeness (QED) is 0.728. The summed E-state index contributed by atoms with van der Waals surface area (Å²) in [4.78, 5) is 11.4. The molecule has 0 fully saturated rings. The number of alkyl halides is 1. The second-order valence-electron chi connectivity index (χ2n) is 2.85. The number of rotatable bonds is 1. The molecule has 0 bridgehead atoms. The van der Waals surface area contributed by atoms with Gasteiger partial charge >= 0.3 is 0 Å². The first-order chi connectivity index (χ1) is 6.70. The first-order valence-electron chi connectivity index (χ1n) is 3.99. The number of benzene rings is 1. The van der Waals surface area contributed by atoms with Gasteiger partial charge in [-0.25, -0.2) is 4.39 Å². The summed E-state index contributed by atoms with van der Waals surface area (Å²) < 4.78 is 17.4. The summed E-state index contributed by atoms with van der Waals surface area (Å²) in [6.07, 6.45) is 0. The van der Waals surface area contributed by atoms with E-state index in [-0.39, 0.29) is 11.2 Å². The molecule has 4 heteroatoms. The molecule has 0 aliphatic heterocycles. The van der Waals surface area contributed by atoms with Gasteiger partial charge in [0, 0.05) is 17.2 Å². The van der Waals surface area contributed by atoms with Crippen molar-refractivity contribution in [1.29, 1.82) is 0 Å². The van der Waals surface area contributed by atoms with Crippen LogP contribution in [-0.2, 0) is 6.67 Å². The summed E-state index contributed by atoms with van der Waals surface area (Å²) in [6.45, 7) is -0.794. The van der Waals surface area contributed by atoms with Gasteiger partial charge in [0.1, 0.15) is 18.0 Å². The standard InChI is InChI=1S/C10H6ClFO2/c11-6-1-2-8-9(13)4-7(5-12)14-10(8)3-6/h1-4H,5H2. The largest absolute Gasteiger partial charge is 0.458 e. The third-order valence-electron chi connectivity index (χ3n) is 1.87. The molecule has 1 heterocycles. The van der Waals surface area contributed by atoms with Crippen LogP contribution >= 0.6 is 11.6 Å². The van der Waals surface area contributed by atoms with Gasteiger partial charge < -0.3 is 4.42 Å². The van der Waals surface area contributed by atoms with Gasteiger partial charge in [0.05, 0.1) is 5.39 Å². The van der Waals surface area contributed by atoms with Gasteiger partial charge in [0.25, 0.3) is 0 Å². The maximum Gasteiger partial charge on any atom is 0.193 e. The van der Waals surface area contributed by atoms with Crippen molar-refractivity contribution in [1.82, 2.24) is 0 Å². The van der Waals surface area contributed by atoms with Crippen LogP contribution in [0.5, 0.6) is 0 Å². The molecule has 0 unspecified atom stereocenters. The highest BCUT2D eigenvalue weighted by atomic mass is 35.5. The van der Waals surface area contributed by atoms with Crippen LogP contribution in [0.3, 0.4) is 0 Å². The van der Waals surface area contributed by atoms with Crippen LogP contribution in [0.15, 0.2) is 33.5 Å². The number of hydrogen-bond acceptors (Lipinski definition) is 2. The van der Waals surface area contributed by atoms with Crippen LogP contribution in [0, 0.1) is 0 Å². The lowest BCUT2D eigenvalue weighted by Crippen LogP contribution is -2.00. The smallest absolute Gasteiger partial charge is 0.193 e. The summed E-state index contributed by atoms with van der Waals surface area (Å²) >= 11 is 5.71. The van der Waals surface area contributed by atoms with E-state index in [0.29, 0.717) is 16.0 Å². The lowest BCUT2D eigenvalue weighted by atomic mass is 10.2. The summed E-state index contributed by atoms with van der Waals surface area (Å²) in [5.74, 6) is 0.0183. The average Bonchev–Trinajstić information content (AvgIpc) is 2.16. The van der Waals surface area contributed by atoms with Crippen molar-refractivity contribution in [2.75, 3.05) is 0 Å². The maximum atomic E-state index is 12.3. The number of fused-ring (bicyclic) bond motifs is 1. The Labute approximate surface area is 83.9 Å². The molecule has 14 heavy (non-hydrogen) atoms. The minimum absolute atomic E-state index is 0.0183. The fourth-order valence-electron chi connectivity index (χ4n) is 1.24. The first-order valence-corrected chi connectivity index (χ1v) is 4.37. The van der Waals surface area contributed by atoms with E-state index in [1.165, 1.54) is 6.07 Å². The number of halogens is 2. The molecule has 0 radical (unpaired) electrons. The van der Waals surface area contributed by atoms with Gasteiger partial charge in [-0.15, -0.1) is 0 Å². The highest BCUT2D eigenvalue weighted by Gasteiger charge is 2.04. The highest BCUT2D eigenvalue weighted by molar-refractivity contribution is 6.31. The molecule has 0 aliphatic carbocycles. The lowest BCUT2D eigenvalue weighted by molar-refractivity contribution is 0.401. The van der Waals surface area contributed by atoms with Gasteiger partial charge in [-0.3, -0.25) is 4.79 Å². The molecule has 0 aliphatic rings. The predicted octanol–water partition coefficient (Wildman–Crippen LogP) is 2.92. The Balaban J connectivity index is 2.84. The molecule has 0 spiro atoms. The zero-order valence-electron chi connectivity index (χ0n) is 7.09. The minimum Gasteiger partial charge on any atom is -0.458 e. The molecular weight excluding hydrogens is 207 g/mol. The zero-order valence-corrected chi connectivity index (χ0v) is 7.84. The Morgan fingerprint density at radius 3 is 2.86 bits per heavy atom. The van der Waals surface area contributed by atoms with Gasteiger partial charge in [-0.05, 0) is 12.1 Å². The molecule has 2 nitrogen and oxygen atoms in total. The summed E-state index contributed by atoms with van der Waals surface area (Å²) in [6, 6.07) is 5.80. The van der Waals surface area contributed by atoms with E-state index in [9.17, 15) is 9.18 Å². The summed E-state index contributed by atoms with van der Waals surface area (Å²) in [5, 5.41) is 0.864. The van der Waals surface area contributed by atoms with Crippen molar-refractivity contribution in [3.05, 3.63) is 45.3 Å². The van der Waals surface area contributed by atoms with Gasteiger partial charge in [-0.2, -0.15) is 0 Å². The van der Waals surface area contributed by atoms with Crippen molar-refractivity contribution >= 4 is 22.6 Å². The van der Waals surface area contributed by atoms with Crippen molar-refractivity contribution in [2.24, 2.45) is 0 Å². The fraction of sp³-hybridized carbons (Fsp3) is 0.100. The first kappa shape index (κ1) is 9.21. The molecular formula is C10H6ClFO2. The van der Waals surface area contributed by atoms with Gasteiger partial charge in [-0.1, -0.05) is 11.6 Å². The molecule has 0 atom stereocenters. The Hall–Kier alpha value is -1.35. The average molecular weight is 213 g/mol. The SMILES string of the molecule is O=c1cc(CF)oc2cc(Cl)ccc12. The van der Waals surface area contributed by atoms with Crippen LogP contribution in [0.4, 0.5) is 4.39 Å². The van der Waals surface area contributed by atoms with Crippen molar-refractivity contribution in [2.45, 2.75) is 6.67 Å². The van der Waals surface area contributed by atoms with Gasteiger partial charge in [0.2, 0.25) is 0 Å². The molecule has 0 amide bonds. The predicted molar refractivity (Wildman–Crippen MR) is 52.3 cm³/mol. The summed E-state index contributed by atoms with van der Waals surface area (Å²) in [7, 11) is 0. The molecule has 1 aromatic heterocycles. The van der Waals surface area contributed by atoms with Crippen molar-refractivity contribution < 1.29 is 8.81 Å². The fourth-order valence-corrected chi connectivity index (χ4v) is 1.41. The van der Waals surface area contributed by atoms with Crippen LogP contribution in [0.1, 0.15) is 5.76 Å². The molecule has 1 aromatic carbocycles. The Bertz CT molecular complexity index is 533. The minimum atomic E-state index is -0.794. The zero-order chi connectivity index (χ0) is 10.1. The third kappa shape index (κ3) is 1.51. The van der Waals surface area contributed by atoms with Crippen molar-refractivity contribution in [3.63, 3.8) is 0 Å². The molecule has 2 rings (SSSR count). The van der Waals surface area contributed by atoms with E-state index < -0.39 is 6.67 Å². The second-order valence-corrected chi connectivity index (χ2v) is 3.29. The van der Waals surface area contributed by atoms with Crippen LogP contribution in [-0.4, -0.2) is 0 Å². The van der Waals surface area contributed by atoms with E-state index in [2.05, 4.69) is 0 Å². The topological polar surface area (TPSA) is 30.2 Å². The maximum absolute atomic E-state index is 12.3. The Morgan fingerprint density at radius 1 is 1.36 bits per heavy atom. The van der Waals surface area contributed by atoms with Crippen LogP contribution in [0.2, 0.25) is 5.02 Å². The van der Waals surface area contributed by atoms with E-state index in [0.717, 1.165) is 6.07 Å². The molecule has 72 valence electrons. The monoisotopic (exact) mass is 212 g/mol. The molecule has 0 saturated heterocycles. The van der Waals surface area contributed by atoms with E-state index in [1.54, 1.807) is 12.1 Å².